The molecule has 2 aromatic heterocycles. The van der Waals surface area contributed by atoms with Crippen LogP contribution in [0.5, 0.6) is 0 Å². The Morgan fingerprint density at radius 1 is 1.10 bits per heavy atom. The molecule has 0 radical (unpaired) electrons. The van der Waals surface area contributed by atoms with Gasteiger partial charge in [-0.25, -0.2) is 19.5 Å². The molecule has 4 heterocycles. The zero-order valence-electron chi connectivity index (χ0n) is 15.4. The second-order valence-corrected chi connectivity index (χ2v) is 8.12. The van der Waals surface area contributed by atoms with Gasteiger partial charge < -0.3 is 29.7 Å². The summed E-state index contributed by atoms with van der Waals surface area (Å²) in [6, 6.07) is 9.33. The van der Waals surface area contributed by atoms with E-state index in [-0.39, 0.29) is 12.4 Å². The lowest BCUT2D eigenvalue weighted by Crippen LogP contribution is -2.31. The Labute approximate surface area is 169 Å². The van der Waals surface area contributed by atoms with Crippen molar-refractivity contribution in [3.63, 3.8) is 0 Å². The highest BCUT2D eigenvalue weighted by Crippen LogP contribution is 2.46. The van der Waals surface area contributed by atoms with E-state index in [0.717, 1.165) is 5.56 Å². The number of rotatable bonds is 5. The molecule has 12 nitrogen and oxygen atoms in total. The molecule has 0 spiro atoms. The van der Waals surface area contributed by atoms with Gasteiger partial charge in [0.15, 0.2) is 24.0 Å². The molecule has 0 aliphatic carbocycles. The van der Waals surface area contributed by atoms with Gasteiger partial charge in [0.25, 0.3) is 0 Å². The van der Waals surface area contributed by atoms with Gasteiger partial charge in [0.2, 0.25) is 0 Å². The summed E-state index contributed by atoms with van der Waals surface area (Å²) in [6.07, 6.45) is -0.610. The van der Waals surface area contributed by atoms with E-state index in [9.17, 15) is 4.57 Å². The Balaban J connectivity index is 1.48. The van der Waals surface area contributed by atoms with Crippen LogP contribution in [0.2, 0.25) is 0 Å². The fraction of sp³-hybridized carbons (Fsp3) is 0.353. The maximum absolute atomic E-state index is 11.2. The van der Waals surface area contributed by atoms with Crippen LogP contribution in [0.15, 0.2) is 43.0 Å². The topological polar surface area (TPSA) is 164 Å². The van der Waals surface area contributed by atoms with Crippen molar-refractivity contribution in [3.05, 3.63) is 48.5 Å². The molecule has 1 aromatic carbocycles. The molecule has 0 saturated carbocycles. The van der Waals surface area contributed by atoms with E-state index in [4.69, 9.17) is 29.7 Å². The first-order chi connectivity index (χ1) is 14.4. The summed E-state index contributed by atoms with van der Waals surface area (Å²) in [5.41, 5.74) is 7.52. The molecule has 30 heavy (non-hydrogen) atoms. The maximum Gasteiger partial charge on any atom is 0.469 e. The van der Waals surface area contributed by atoms with Crippen LogP contribution < -0.4 is 5.73 Å². The van der Waals surface area contributed by atoms with E-state index in [1.54, 1.807) is 4.57 Å². The van der Waals surface area contributed by atoms with E-state index in [1.807, 2.05) is 30.3 Å². The monoisotopic (exact) mass is 435 g/mol. The molecule has 0 unspecified atom stereocenters. The first kappa shape index (κ1) is 19.5. The average molecular weight is 435 g/mol. The number of benzene rings is 1. The number of anilines is 1. The summed E-state index contributed by atoms with van der Waals surface area (Å²) in [7, 11) is -4.69. The lowest BCUT2D eigenvalue weighted by molar-refractivity contribution is -0.152. The predicted molar refractivity (Wildman–Crippen MR) is 101 cm³/mol. The van der Waals surface area contributed by atoms with Crippen molar-refractivity contribution in [1.82, 2.24) is 19.5 Å². The van der Waals surface area contributed by atoms with Crippen LogP contribution in [0.25, 0.3) is 11.2 Å². The molecule has 4 N–H and O–H groups in total. The van der Waals surface area contributed by atoms with Crippen LogP contribution in [-0.2, 0) is 23.3 Å². The second-order valence-electron chi connectivity index (χ2n) is 6.88. The lowest BCUT2D eigenvalue weighted by atomic mass is 10.1. The van der Waals surface area contributed by atoms with E-state index >= 15 is 0 Å². The Hall–Kier alpha value is -2.44. The number of hydrogen-bond donors (Lipinski definition) is 3. The molecule has 158 valence electrons. The van der Waals surface area contributed by atoms with Crippen molar-refractivity contribution in [2.75, 3.05) is 12.3 Å². The summed E-state index contributed by atoms with van der Waals surface area (Å²) >= 11 is 0. The van der Waals surface area contributed by atoms with Gasteiger partial charge in [-0.2, -0.15) is 0 Å². The van der Waals surface area contributed by atoms with Gasteiger partial charge in [0, 0.05) is 5.56 Å². The summed E-state index contributed by atoms with van der Waals surface area (Å²) in [5.74, 6) is 0.223. The molecule has 2 fully saturated rings. The van der Waals surface area contributed by atoms with Crippen molar-refractivity contribution in [1.29, 1.82) is 0 Å². The fourth-order valence-corrected chi connectivity index (χ4v) is 4.03. The Bertz CT molecular complexity index is 1110. The first-order valence-corrected chi connectivity index (χ1v) is 10.6. The van der Waals surface area contributed by atoms with Gasteiger partial charge >= 0.3 is 7.82 Å². The second kappa shape index (κ2) is 7.36. The molecule has 0 bridgehead atoms. The van der Waals surface area contributed by atoms with Gasteiger partial charge in [-0.1, -0.05) is 30.3 Å². The van der Waals surface area contributed by atoms with Crippen molar-refractivity contribution < 1.29 is 33.1 Å². The molecule has 3 aromatic rings. The number of nitrogen functional groups attached to an aromatic ring is 1. The van der Waals surface area contributed by atoms with Gasteiger partial charge in [-0.15, -0.1) is 0 Å². The molecule has 5 atom stereocenters. The molecular formula is C17H18N5O7P. The van der Waals surface area contributed by atoms with Crippen molar-refractivity contribution in [2.45, 2.75) is 30.8 Å². The van der Waals surface area contributed by atoms with Gasteiger partial charge in [-0.3, -0.25) is 9.09 Å². The molecule has 2 aliphatic rings. The number of fused-ring (bicyclic) bond motifs is 2. The third-order valence-electron chi connectivity index (χ3n) is 4.99. The smallest absolute Gasteiger partial charge is 0.382 e. The van der Waals surface area contributed by atoms with Crippen molar-refractivity contribution in [3.8, 4) is 0 Å². The van der Waals surface area contributed by atoms with Crippen LogP contribution in [0.3, 0.4) is 0 Å². The number of nitrogens with zero attached hydrogens (tertiary/aromatic N) is 4. The minimum absolute atomic E-state index is 0.223. The molecule has 2 aliphatic heterocycles. The minimum atomic E-state index is -4.69. The minimum Gasteiger partial charge on any atom is -0.382 e. The van der Waals surface area contributed by atoms with Gasteiger partial charge in [0.1, 0.15) is 30.2 Å². The molecular weight excluding hydrogens is 417 g/mol. The molecule has 5 rings (SSSR count). The SMILES string of the molecule is Nc1ncnc2c1ncn2[C@@H]1O[C@H](COP(=O)(O)O)[C@H]2O[C@@H](c3ccccc3)O[C@H]21. The molecule has 2 saturated heterocycles. The summed E-state index contributed by atoms with van der Waals surface area (Å²) in [5, 5.41) is 0. The number of aromatic nitrogens is 4. The average Bonchev–Trinajstić information content (AvgIpc) is 3.40. The quantitative estimate of drug-likeness (QED) is 0.488. The predicted octanol–water partition coefficient (Wildman–Crippen LogP) is 0.898. The van der Waals surface area contributed by atoms with Crippen molar-refractivity contribution >= 4 is 24.8 Å². The van der Waals surface area contributed by atoms with E-state index in [2.05, 4.69) is 19.5 Å². The molecule has 13 heteroatoms. The normalized spacial score (nSPS) is 28.8. The van der Waals surface area contributed by atoms with E-state index < -0.39 is 38.7 Å². The zero-order chi connectivity index (χ0) is 20.9. The highest BCUT2D eigenvalue weighted by molar-refractivity contribution is 7.46. The number of hydrogen-bond acceptors (Lipinski definition) is 9. The highest BCUT2D eigenvalue weighted by atomic mass is 31.2. The van der Waals surface area contributed by atoms with Gasteiger partial charge in [0.05, 0.1) is 12.9 Å². The zero-order valence-corrected chi connectivity index (χ0v) is 16.3. The third kappa shape index (κ3) is 3.48. The number of phosphoric acid groups is 1. The maximum atomic E-state index is 11.2. The third-order valence-corrected chi connectivity index (χ3v) is 5.47. The number of phosphoric ester groups is 1. The largest absolute Gasteiger partial charge is 0.469 e. The Kier molecular flexibility index (Phi) is 4.79. The standard InChI is InChI=1S/C17H18N5O7P/c18-14-11-15(20-7-19-14)22(8-21-11)16-13-12(10(27-16)6-26-30(23,24)25)28-17(29-13)9-4-2-1-3-5-9/h1-5,7-8,10,12-13,16-17H,6H2,(H2,18,19,20)(H2,23,24,25)/t10-,12-,13-,16-,17-/m1/s1. The first-order valence-electron chi connectivity index (χ1n) is 9.05. The molecule has 0 amide bonds. The highest BCUT2D eigenvalue weighted by Gasteiger charge is 2.54. The summed E-state index contributed by atoms with van der Waals surface area (Å²) < 4.78 is 35.7. The van der Waals surface area contributed by atoms with Crippen LogP contribution in [0, 0.1) is 0 Å². The van der Waals surface area contributed by atoms with Crippen LogP contribution in [0.1, 0.15) is 18.1 Å². The summed E-state index contributed by atoms with van der Waals surface area (Å²) in [6.45, 7) is -0.378. The summed E-state index contributed by atoms with van der Waals surface area (Å²) in [4.78, 5) is 30.6. The van der Waals surface area contributed by atoms with Gasteiger partial charge in [-0.05, 0) is 0 Å². The van der Waals surface area contributed by atoms with Crippen molar-refractivity contribution in [2.24, 2.45) is 0 Å². The Morgan fingerprint density at radius 2 is 1.87 bits per heavy atom. The number of imidazole rings is 1. The Morgan fingerprint density at radius 3 is 2.63 bits per heavy atom. The van der Waals surface area contributed by atoms with E-state index in [0.29, 0.717) is 11.2 Å². The van der Waals surface area contributed by atoms with Crippen LogP contribution in [-0.4, -0.2) is 54.2 Å². The van der Waals surface area contributed by atoms with E-state index in [1.165, 1.54) is 12.7 Å². The number of nitrogens with two attached hydrogens (primary N) is 1. The van der Waals surface area contributed by atoms with Crippen LogP contribution in [0.4, 0.5) is 5.82 Å². The fourth-order valence-electron chi connectivity index (χ4n) is 3.69. The number of ether oxygens (including phenoxy) is 3. The lowest BCUT2D eigenvalue weighted by Gasteiger charge is -2.21. The van der Waals surface area contributed by atoms with Crippen LogP contribution >= 0.6 is 7.82 Å².